The molecule has 0 unspecified atom stereocenters. The fourth-order valence-electron chi connectivity index (χ4n) is 2.22. The van der Waals surface area contributed by atoms with Gasteiger partial charge in [-0.05, 0) is 24.3 Å². The molecule has 0 aliphatic rings. The minimum absolute atomic E-state index is 0.0883. The molecule has 0 heterocycles. The molecule has 28 heavy (non-hydrogen) atoms. The second-order valence-corrected chi connectivity index (χ2v) is 8.39. The third kappa shape index (κ3) is 6.48. The number of aliphatic imine (C=N–C) groups is 1. The van der Waals surface area contributed by atoms with Gasteiger partial charge in [-0.2, -0.15) is 0 Å². The van der Waals surface area contributed by atoms with Crippen molar-refractivity contribution in [3.8, 4) is 0 Å². The number of amides is 1. The first kappa shape index (κ1) is 21.6. The molecule has 2 aromatic carbocycles. The number of anilines is 2. The van der Waals surface area contributed by atoms with Crippen LogP contribution in [0.4, 0.5) is 17.1 Å². The van der Waals surface area contributed by atoms with Crippen molar-refractivity contribution in [2.75, 3.05) is 16.3 Å². The predicted molar refractivity (Wildman–Crippen MR) is 114 cm³/mol. The lowest BCUT2D eigenvalue weighted by Gasteiger charge is -2.10. The maximum absolute atomic E-state index is 12.5. The summed E-state index contributed by atoms with van der Waals surface area (Å²) in [7, 11) is -3.46. The number of carbonyl (C=O) groups excluding carboxylic acids is 1. The van der Waals surface area contributed by atoms with E-state index in [0.717, 1.165) is 12.5 Å². The first-order valence-corrected chi connectivity index (χ1v) is 10.6. The lowest BCUT2D eigenvalue weighted by molar-refractivity contribution is -0.112. The van der Waals surface area contributed by atoms with E-state index in [1.165, 1.54) is 12.3 Å². The molecule has 5 N–H and O–H groups in total. The first-order chi connectivity index (χ1) is 13.2. The van der Waals surface area contributed by atoms with Gasteiger partial charge in [0.2, 0.25) is 10.0 Å². The molecule has 0 saturated heterocycles. The Morgan fingerprint density at radius 1 is 1.25 bits per heavy atom. The van der Waals surface area contributed by atoms with E-state index in [-0.39, 0.29) is 17.9 Å². The molecular formula is C18H19BrN4O4S. The highest BCUT2D eigenvalue weighted by Gasteiger charge is 2.10. The van der Waals surface area contributed by atoms with Crippen LogP contribution in [0.15, 0.2) is 63.7 Å². The van der Waals surface area contributed by atoms with E-state index in [9.17, 15) is 18.3 Å². The molecule has 0 atom stereocenters. The average molecular weight is 467 g/mol. The lowest BCUT2D eigenvalue weighted by atomic mass is 10.2. The SMILES string of the molecule is CS(=O)(=O)Nc1cc(Br)cc(NC(=O)/C(C=Nc2ccccc2CO)=C\N)c1. The van der Waals surface area contributed by atoms with Gasteiger partial charge in [0, 0.05) is 28.1 Å². The van der Waals surface area contributed by atoms with Crippen molar-refractivity contribution < 1.29 is 18.3 Å². The number of hydrogen-bond donors (Lipinski definition) is 4. The van der Waals surface area contributed by atoms with Crippen LogP contribution in [0.1, 0.15) is 5.56 Å². The Hall–Kier alpha value is -2.69. The van der Waals surface area contributed by atoms with Crippen LogP contribution < -0.4 is 15.8 Å². The van der Waals surface area contributed by atoms with Gasteiger partial charge in [-0.25, -0.2) is 8.42 Å². The molecule has 2 aromatic rings. The van der Waals surface area contributed by atoms with Crippen LogP contribution in [-0.2, 0) is 21.4 Å². The topological polar surface area (TPSA) is 134 Å². The van der Waals surface area contributed by atoms with Crippen molar-refractivity contribution in [3.05, 3.63) is 64.3 Å². The van der Waals surface area contributed by atoms with Crippen LogP contribution in [0.5, 0.6) is 0 Å². The molecule has 0 saturated carbocycles. The molecule has 0 bridgehead atoms. The van der Waals surface area contributed by atoms with Crippen molar-refractivity contribution in [2.45, 2.75) is 6.61 Å². The summed E-state index contributed by atoms with van der Waals surface area (Å²) < 4.78 is 25.7. The number of carbonyl (C=O) groups is 1. The van der Waals surface area contributed by atoms with E-state index in [1.807, 2.05) is 0 Å². The second kappa shape index (κ2) is 9.49. The van der Waals surface area contributed by atoms with E-state index in [1.54, 1.807) is 36.4 Å². The van der Waals surface area contributed by atoms with Gasteiger partial charge in [0.1, 0.15) is 0 Å². The van der Waals surface area contributed by atoms with Gasteiger partial charge < -0.3 is 16.2 Å². The lowest BCUT2D eigenvalue weighted by Crippen LogP contribution is -2.17. The fraction of sp³-hybridized carbons (Fsp3) is 0.111. The summed E-state index contributed by atoms with van der Waals surface area (Å²) >= 11 is 3.27. The number of sulfonamides is 1. The second-order valence-electron chi connectivity index (χ2n) is 5.72. The molecular weight excluding hydrogens is 448 g/mol. The Kier molecular flexibility index (Phi) is 7.32. The van der Waals surface area contributed by atoms with Crippen LogP contribution in [-0.4, -0.2) is 31.9 Å². The summed E-state index contributed by atoms with van der Waals surface area (Å²) in [4.78, 5) is 16.7. The minimum atomic E-state index is -3.46. The minimum Gasteiger partial charge on any atom is -0.404 e. The predicted octanol–water partition coefficient (Wildman–Crippen LogP) is 2.50. The number of nitrogens with one attached hydrogen (secondary N) is 2. The number of aliphatic hydroxyl groups is 1. The van der Waals surface area contributed by atoms with Crippen molar-refractivity contribution in [3.63, 3.8) is 0 Å². The smallest absolute Gasteiger partial charge is 0.258 e. The number of nitrogens with zero attached hydrogens (tertiary/aromatic N) is 1. The zero-order valence-electron chi connectivity index (χ0n) is 14.9. The molecule has 0 radical (unpaired) electrons. The Morgan fingerprint density at radius 3 is 2.57 bits per heavy atom. The molecule has 10 heteroatoms. The number of halogens is 1. The molecule has 148 valence electrons. The number of benzene rings is 2. The highest BCUT2D eigenvalue weighted by Crippen LogP contribution is 2.24. The van der Waals surface area contributed by atoms with Crippen LogP contribution in [0.25, 0.3) is 0 Å². The Balaban J connectivity index is 2.19. The van der Waals surface area contributed by atoms with E-state index in [2.05, 4.69) is 31.0 Å². The number of aliphatic hydroxyl groups excluding tert-OH is 1. The molecule has 2 rings (SSSR count). The zero-order valence-corrected chi connectivity index (χ0v) is 17.3. The third-order valence-electron chi connectivity index (χ3n) is 3.41. The standard InChI is InChI=1S/C18H19BrN4O4S/c1-28(26,27)23-16-7-14(19)6-15(8-16)22-18(25)13(9-20)10-21-17-5-3-2-4-12(17)11-24/h2-10,23-24H,11,20H2,1H3,(H,22,25)/b13-9-,21-10?. The van der Waals surface area contributed by atoms with E-state index >= 15 is 0 Å². The summed E-state index contributed by atoms with van der Waals surface area (Å²) in [5, 5.41) is 12.0. The first-order valence-electron chi connectivity index (χ1n) is 7.96. The third-order valence-corrected chi connectivity index (χ3v) is 4.47. The van der Waals surface area contributed by atoms with E-state index in [0.29, 0.717) is 21.4 Å². The quantitative estimate of drug-likeness (QED) is 0.367. The molecule has 0 fully saturated rings. The van der Waals surface area contributed by atoms with Gasteiger partial charge in [-0.15, -0.1) is 0 Å². The number of rotatable bonds is 7. The van der Waals surface area contributed by atoms with E-state index < -0.39 is 15.9 Å². The van der Waals surface area contributed by atoms with Gasteiger partial charge in [-0.3, -0.25) is 14.5 Å². The Morgan fingerprint density at radius 2 is 1.93 bits per heavy atom. The number of hydrogen-bond acceptors (Lipinski definition) is 6. The normalized spacial score (nSPS) is 12.2. The molecule has 0 aliphatic heterocycles. The highest BCUT2D eigenvalue weighted by atomic mass is 79.9. The van der Waals surface area contributed by atoms with E-state index in [4.69, 9.17) is 5.73 Å². The molecule has 8 nitrogen and oxygen atoms in total. The van der Waals surface area contributed by atoms with Crippen LogP contribution in [0, 0.1) is 0 Å². The van der Waals surface area contributed by atoms with Crippen molar-refractivity contribution in [1.29, 1.82) is 0 Å². The van der Waals surface area contributed by atoms with Crippen LogP contribution in [0.2, 0.25) is 0 Å². The van der Waals surface area contributed by atoms with Gasteiger partial charge in [0.15, 0.2) is 0 Å². The van der Waals surface area contributed by atoms with Crippen molar-refractivity contribution in [1.82, 2.24) is 0 Å². The molecule has 0 spiro atoms. The monoisotopic (exact) mass is 466 g/mol. The van der Waals surface area contributed by atoms with Gasteiger partial charge >= 0.3 is 0 Å². The van der Waals surface area contributed by atoms with Crippen molar-refractivity contribution >= 4 is 55.1 Å². The molecule has 1 amide bonds. The van der Waals surface area contributed by atoms with Gasteiger partial charge in [0.05, 0.1) is 29.8 Å². The summed E-state index contributed by atoms with van der Waals surface area (Å²) in [6.07, 6.45) is 3.42. The average Bonchev–Trinajstić information content (AvgIpc) is 2.60. The summed E-state index contributed by atoms with van der Waals surface area (Å²) in [6.45, 7) is -0.185. The van der Waals surface area contributed by atoms with Gasteiger partial charge in [-0.1, -0.05) is 34.1 Å². The van der Waals surface area contributed by atoms with Crippen LogP contribution >= 0.6 is 15.9 Å². The Bertz CT molecular complexity index is 1040. The Labute approximate surface area is 171 Å². The highest BCUT2D eigenvalue weighted by molar-refractivity contribution is 9.10. The van der Waals surface area contributed by atoms with Crippen molar-refractivity contribution in [2.24, 2.45) is 10.7 Å². The fourth-order valence-corrected chi connectivity index (χ4v) is 3.26. The maximum Gasteiger partial charge on any atom is 0.258 e. The van der Waals surface area contributed by atoms with Gasteiger partial charge in [0.25, 0.3) is 5.91 Å². The molecule has 0 aromatic heterocycles. The zero-order chi connectivity index (χ0) is 20.7. The summed E-state index contributed by atoms with van der Waals surface area (Å²) in [5.41, 5.74) is 7.40. The number of nitrogens with two attached hydrogens (primary N) is 1. The summed E-state index contributed by atoms with van der Waals surface area (Å²) in [6, 6.07) is 11.6. The number of para-hydroxylation sites is 1. The maximum atomic E-state index is 12.5. The van der Waals surface area contributed by atoms with Crippen LogP contribution in [0.3, 0.4) is 0 Å². The largest absolute Gasteiger partial charge is 0.404 e. The summed E-state index contributed by atoms with van der Waals surface area (Å²) in [5.74, 6) is -0.531. The molecule has 0 aliphatic carbocycles.